The molecule has 7 heteroatoms. The molecule has 0 fully saturated rings. The average Bonchev–Trinajstić information content (AvgIpc) is 2.43. The molecule has 0 heterocycles. The minimum absolute atomic E-state index is 0.183. The predicted octanol–water partition coefficient (Wildman–Crippen LogP) is 4.70. The van der Waals surface area contributed by atoms with E-state index in [-0.39, 0.29) is 16.4 Å². The first-order chi connectivity index (χ1) is 9.88. The van der Waals surface area contributed by atoms with Crippen LogP contribution in [-0.2, 0) is 0 Å². The summed E-state index contributed by atoms with van der Waals surface area (Å²) in [7, 11) is 0. The smallest absolute Gasteiger partial charge is 0.293 e. The van der Waals surface area contributed by atoms with Crippen molar-refractivity contribution >= 4 is 23.0 Å². The van der Waals surface area contributed by atoms with Gasteiger partial charge in [-0.05, 0) is 36.8 Å². The number of anilines is 1. The Morgan fingerprint density at radius 3 is 2.52 bits per heavy atom. The summed E-state index contributed by atoms with van der Waals surface area (Å²) in [6, 6.07) is 7.24. The van der Waals surface area contributed by atoms with Crippen molar-refractivity contribution in [1.82, 2.24) is 0 Å². The van der Waals surface area contributed by atoms with Crippen molar-refractivity contribution in [3.8, 4) is 0 Å². The van der Waals surface area contributed by atoms with Gasteiger partial charge < -0.3 is 5.32 Å². The monoisotopic (exact) mass is 312 g/mol. The fourth-order valence-corrected chi connectivity index (χ4v) is 2.04. The zero-order chi connectivity index (χ0) is 15.6. The van der Waals surface area contributed by atoms with Crippen LogP contribution in [0.25, 0.3) is 0 Å². The number of nitrogens with one attached hydrogen (secondary N) is 1. The third-order valence-electron chi connectivity index (χ3n) is 2.97. The molecular formula is C14H11ClF2N2O2. The van der Waals surface area contributed by atoms with Crippen molar-refractivity contribution in [3.05, 3.63) is 68.7 Å². The van der Waals surface area contributed by atoms with Crippen LogP contribution in [0.2, 0.25) is 5.02 Å². The van der Waals surface area contributed by atoms with E-state index in [1.54, 1.807) is 6.92 Å². The molecule has 0 bridgehead atoms. The van der Waals surface area contributed by atoms with Crippen LogP contribution in [0.5, 0.6) is 0 Å². The molecule has 2 rings (SSSR count). The molecule has 0 aliphatic rings. The third-order valence-corrected chi connectivity index (χ3v) is 3.21. The molecule has 0 aromatic heterocycles. The zero-order valence-electron chi connectivity index (χ0n) is 10.9. The lowest BCUT2D eigenvalue weighted by Crippen LogP contribution is -2.09. The van der Waals surface area contributed by atoms with Crippen LogP contribution >= 0.6 is 11.6 Å². The van der Waals surface area contributed by atoms with Gasteiger partial charge in [-0.15, -0.1) is 0 Å². The topological polar surface area (TPSA) is 55.2 Å². The van der Waals surface area contributed by atoms with Gasteiger partial charge in [0.25, 0.3) is 5.69 Å². The summed E-state index contributed by atoms with van der Waals surface area (Å²) in [4.78, 5) is 10.4. The minimum Gasteiger partial charge on any atom is -0.373 e. The van der Waals surface area contributed by atoms with Gasteiger partial charge in [-0.3, -0.25) is 10.1 Å². The highest BCUT2D eigenvalue weighted by molar-refractivity contribution is 6.30. The van der Waals surface area contributed by atoms with Gasteiger partial charge in [0.15, 0.2) is 11.6 Å². The van der Waals surface area contributed by atoms with Crippen molar-refractivity contribution in [2.45, 2.75) is 13.0 Å². The Labute approximate surface area is 124 Å². The lowest BCUT2D eigenvalue weighted by Gasteiger charge is -2.16. The molecule has 1 atom stereocenters. The van der Waals surface area contributed by atoms with E-state index in [1.807, 2.05) is 0 Å². The number of rotatable bonds is 4. The molecule has 4 nitrogen and oxygen atoms in total. The first kappa shape index (κ1) is 15.2. The first-order valence-electron chi connectivity index (χ1n) is 6.04. The van der Waals surface area contributed by atoms with Crippen molar-refractivity contribution in [3.63, 3.8) is 0 Å². The number of nitro benzene ring substituents is 1. The maximum atomic E-state index is 13.2. The van der Waals surface area contributed by atoms with E-state index < -0.39 is 22.6 Å². The number of hydrogen-bond acceptors (Lipinski definition) is 3. The fourth-order valence-electron chi connectivity index (χ4n) is 1.88. The lowest BCUT2D eigenvalue weighted by molar-refractivity contribution is -0.384. The summed E-state index contributed by atoms with van der Waals surface area (Å²) in [5.74, 6) is -1.91. The quantitative estimate of drug-likeness (QED) is 0.657. The van der Waals surface area contributed by atoms with Crippen LogP contribution in [0.3, 0.4) is 0 Å². The SMILES string of the molecule is CC(Nc1ccc(Cl)cc1[N+](=O)[O-])c1ccc(F)c(F)c1. The van der Waals surface area contributed by atoms with Crippen LogP contribution in [0.1, 0.15) is 18.5 Å². The standard InChI is InChI=1S/C14H11ClF2N2O2/c1-8(9-2-4-11(16)12(17)6-9)18-13-5-3-10(15)7-14(13)19(20)21/h2-8,18H,1H3. The summed E-state index contributed by atoms with van der Waals surface area (Å²) < 4.78 is 26.1. The molecule has 0 aliphatic carbocycles. The zero-order valence-corrected chi connectivity index (χ0v) is 11.7. The number of hydrogen-bond donors (Lipinski definition) is 1. The molecule has 1 unspecified atom stereocenters. The summed E-state index contributed by atoms with van der Waals surface area (Å²) >= 11 is 5.73. The molecule has 110 valence electrons. The second-order valence-corrected chi connectivity index (χ2v) is 4.89. The molecule has 0 saturated heterocycles. The van der Waals surface area contributed by atoms with Gasteiger partial charge in [0, 0.05) is 17.1 Å². The molecule has 0 radical (unpaired) electrons. The molecular weight excluding hydrogens is 302 g/mol. The van der Waals surface area contributed by atoms with Gasteiger partial charge in [-0.25, -0.2) is 8.78 Å². The Kier molecular flexibility index (Phi) is 4.37. The highest BCUT2D eigenvalue weighted by atomic mass is 35.5. The highest BCUT2D eigenvalue weighted by Gasteiger charge is 2.17. The lowest BCUT2D eigenvalue weighted by atomic mass is 10.1. The Bertz CT molecular complexity index is 695. The molecule has 1 N–H and O–H groups in total. The third kappa shape index (κ3) is 3.46. The minimum atomic E-state index is -0.966. The van der Waals surface area contributed by atoms with Gasteiger partial charge in [0.2, 0.25) is 0 Å². The maximum absolute atomic E-state index is 13.2. The number of halogens is 3. The second-order valence-electron chi connectivity index (χ2n) is 4.46. The molecule has 2 aromatic rings. The van der Waals surface area contributed by atoms with Crippen LogP contribution < -0.4 is 5.32 Å². The Balaban J connectivity index is 2.29. The van der Waals surface area contributed by atoms with Gasteiger partial charge in [0.1, 0.15) is 5.69 Å². The predicted molar refractivity (Wildman–Crippen MR) is 76.5 cm³/mol. The fraction of sp³-hybridized carbons (Fsp3) is 0.143. The highest BCUT2D eigenvalue weighted by Crippen LogP contribution is 2.31. The average molecular weight is 313 g/mol. The normalized spacial score (nSPS) is 12.0. The molecule has 2 aromatic carbocycles. The van der Waals surface area contributed by atoms with Gasteiger partial charge in [0.05, 0.1) is 4.92 Å². The van der Waals surface area contributed by atoms with Gasteiger partial charge >= 0.3 is 0 Å². The maximum Gasteiger partial charge on any atom is 0.293 e. The Morgan fingerprint density at radius 1 is 1.19 bits per heavy atom. The van der Waals surface area contributed by atoms with Crippen LogP contribution in [0, 0.1) is 21.7 Å². The molecule has 21 heavy (non-hydrogen) atoms. The molecule has 0 saturated carbocycles. The van der Waals surface area contributed by atoms with Gasteiger partial charge in [-0.1, -0.05) is 17.7 Å². The van der Waals surface area contributed by atoms with Crippen molar-refractivity contribution in [2.24, 2.45) is 0 Å². The van der Waals surface area contributed by atoms with E-state index >= 15 is 0 Å². The Morgan fingerprint density at radius 2 is 1.90 bits per heavy atom. The molecule has 0 amide bonds. The van der Waals surface area contributed by atoms with Crippen molar-refractivity contribution in [2.75, 3.05) is 5.32 Å². The van der Waals surface area contributed by atoms with Crippen molar-refractivity contribution < 1.29 is 13.7 Å². The van der Waals surface area contributed by atoms with Crippen LogP contribution in [-0.4, -0.2) is 4.92 Å². The molecule has 0 spiro atoms. The summed E-state index contributed by atoms with van der Waals surface area (Å²) in [6.45, 7) is 1.69. The summed E-state index contributed by atoms with van der Waals surface area (Å²) in [6.07, 6.45) is 0. The van der Waals surface area contributed by atoms with Crippen LogP contribution in [0.15, 0.2) is 36.4 Å². The van der Waals surface area contributed by atoms with E-state index in [0.717, 1.165) is 12.1 Å². The number of nitrogens with zero attached hydrogens (tertiary/aromatic N) is 1. The van der Waals surface area contributed by atoms with Crippen molar-refractivity contribution in [1.29, 1.82) is 0 Å². The van der Waals surface area contributed by atoms with E-state index in [0.29, 0.717) is 5.56 Å². The van der Waals surface area contributed by atoms with E-state index in [2.05, 4.69) is 5.32 Å². The molecule has 0 aliphatic heterocycles. The van der Waals surface area contributed by atoms with E-state index in [1.165, 1.54) is 24.3 Å². The second kappa shape index (κ2) is 6.05. The summed E-state index contributed by atoms with van der Waals surface area (Å²) in [5, 5.41) is 14.1. The largest absolute Gasteiger partial charge is 0.373 e. The van der Waals surface area contributed by atoms with E-state index in [4.69, 9.17) is 11.6 Å². The van der Waals surface area contributed by atoms with Gasteiger partial charge in [-0.2, -0.15) is 0 Å². The number of nitro groups is 1. The van der Waals surface area contributed by atoms with E-state index in [9.17, 15) is 18.9 Å². The number of benzene rings is 2. The Hall–Kier alpha value is -2.21. The van der Waals surface area contributed by atoms with Crippen LogP contribution in [0.4, 0.5) is 20.2 Å². The summed E-state index contributed by atoms with van der Waals surface area (Å²) in [5.41, 5.74) is 0.539. The first-order valence-corrected chi connectivity index (χ1v) is 6.41.